The van der Waals surface area contributed by atoms with Crippen LogP contribution in [0.3, 0.4) is 0 Å². The zero-order valence-corrected chi connectivity index (χ0v) is 10.7. The third-order valence-corrected chi connectivity index (χ3v) is 3.96. The second kappa shape index (κ2) is 5.14. The fourth-order valence-corrected chi connectivity index (χ4v) is 2.24. The Hall–Kier alpha value is -0.620. The Kier molecular flexibility index (Phi) is 4.32. The summed E-state index contributed by atoms with van der Waals surface area (Å²) >= 11 is 0. The van der Waals surface area contributed by atoms with Gasteiger partial charge in [-0.25, -0.2) is 8.42 Å². The lowest BCUT2D eigenvalue weighted by atomic mass is 9.80. The van der Waals surface area contributed by atoms with E-state index < -0.39 is 9.84 Å². The average molecular weight is 248 g/mol. The molecule has 0 aromatic carbocycles. The van der Waals surface area contributed by atoms with E-state index in [9.17, 15) is 13.2 Å². The third kappa shape index (κ3) is 4.09. The molecule has 1 rings (SSSR count). The molecule has 0 aromatic rings. The first-order valence-electron chi connectivity index (χ1n) is 5.50. The quantitative estimate of drug-likeness (QED) is 0.706. The van der Waals surface area contributed by atoms with E-state index >= 15 is 0 Å². The van der Waals surface area contributed by atoms with Gasteiger partial charge in [-0.05, 0) is 25.9 Å². The summed E-state index contributed by atoms with van der Waals surface area (Å²) in [4.78, 5) is 11.9. The second-order valence-corrected chi connectivity index (χ2v) is 6.96. The van der Waals surface area contributed by atoms with E-state index in [2.05, 4.69) is 10.6 Å². The Morgan fingerprint density at radius 2 is 1.94 bits per heavy atom. The molecule has 1 fully saturated rings. The number of sulfone groups is 1. The van der Waals surface area contributed by atoms with E-state index in [1.54, 1.807) is 0 Å². The van der Waals surface area contributed by atoms with Gasteiger partial charge >= 0.3 is 0 Å². The fraction of sp³-hybridized carbons (Fsp3) is 0.900. The van der Waals surface area contributed by atoms with Crippen molar-refractivity contribution in [1.29, 1.82) is 0 Å². The van der Waals surface area contributed by atoms with Crippen molar-refractivity contribution >= 4 is 15.7 Å². The molecule has 0 aliphatic carbocycles. The van der Waals surface area contributed by atoms with Crippen molar-refractivity contribution in [3.8, 4) is 0 Å². The molecule has 6 heteroatoms. The Morgan fingerprint density at radius 3 is 2.44 bits per heavy atom. The normalized spacial score (nSPS) is 20.4. The summed E-state index contributed by atoms with van der Waals surface area (Å²) in [6.45, 7) is 3.83. The zero-order valence-electron chi connectivity index (χ0n) is 9.88. The summed E-state index contributed by atoms with van der Waals surface area (Å²) in [5.41, 5.74) is -0.344. The molecule has 0 radical (unpaired) electrons. The number of nitrogens with one attached hydrogen (secondary N) is 2. The third-order valence-electron chi connectivity index (χ3n) is 3.01. The average Bonchev–Trinajstić information content (AvgIpc) is 2.16. The highest BCUT2D eigenvalue weighted by Crippen LogP contribution is 2.27. The van der Waals surface area contributed by atoms with Gasteiger partial charge in [0.15, 0.2) is 0 Å². The smallest absolute Gasteiger partial charge is 0.226 e. The first-order valence-corrected chi connectivity index (χ1v) is 7.56. The summed E-state index contributed by atoms with van der Waals surface area (Å²) in [5.74, 6) is -0.0229. The molecule has 2 N–H and O–H groups in total. The molecule has 94 valence electrons. The van der Waals surface area contributed by atoms with Crippen LogP contribution in [-0.4, -0.2) is 46.0 Å². The predicted octanol–water partition coefficient (Wildman–Crippen LogP) is -0.463. The zero-order chi connectivity index (χ0) is 12.2. The number of rotatable bonds is 4. The van der Waals surface area contributed by atoms with Gasteiger partial charge in [-0.1, -0.05) is 6.92 Å². The minimum Gasteiger partial charge on any atom is -0.355 e. The Labute approximate surface area is 96.9 Å². The molecule has 0 bridgehead atoms. The van der Waals surface area contributed by atoms with E-state index in [1.807, 2.05) is 6.92 Å². The van der Waals surface area contributed by atoms with Crippen molar-refractivity contribution < 1.29 is 13.2 Å². The SMILES string of the molecule is CC1(C(=O)NCCS(C)(=O)=O)CCNCC1. The lowest BCUT2D eigenvalue weighted by Crippen LogP contribution is -2.46. The highest BCUT2D eigenvalue weighted by molar-refractivity contribution is 7.90. The molecule has 5 nitrogen and oxygen atoms in total. The largest absolute Gasteiger partial charge is 0.355 e. The standard InChI is InChI=1S/C10H20N2O3S/c1-10(3-5-11-6-4-10)9(13)12-7-8-16(2,14)15/h11H,3-8H2,1-2H3,(H,12,13). The number of piperidine rings is 1. The molecule has 0 aromatic heterocycles. The van der Waals surface area contributed by atoms with Crippen LogP contribution in [0.25, 0.3) is 0 Å². The topological polar surface area (TPSA) is 75.3 Å². The van der Waals surface area contributed by atoms with Crippen molar-refractivity contribution in [3.63, 3.8) is 0 Å². The molecule has 1 heterocycles. The number of carbonyl (C=O) groups excluding carboxylic acids is 1. The molecule has 1 amide bonds. The minimum absolute atomic E-state index is 0.00701. The van der Waals surface area contributed by atoms with Gasteiger partial charge < -0.3 is 10.6 Å². The number of amides is 1. The van der Waals surface area contributed by atoms with Crippen LogP contribution in [0.1, 0.15) is 19.8 Å². The van der Waals surface area contributed by atoms with E-state index in [0.717, 1.165) is 25.9 Å². The molecule has 0 unspecified atom stereocenters. The van der Waals surface area contributed by atoms with Gasteiger partial charge in [0.25, 0.3) is 0 Å². The van der Waals surface area contributed by atoms with Crippen LogP contribution >= 0.6 is 0 Å². The fourth-order valence-electron chi connectivity index (χ4n) is 1.77. The molecule has 0 saturated carbocycles. The van der Waals surface area contributed by atoms with Gasteiger partial charge in [0.2, 0.25) is 5.91 Å². The van der Waals surface area contributed by atoms with Crippen molar-refractivity contribution in [1.82, 2.24) is 10.6 Å². The summed E-state index contributed by atoms with van der Waals surface area (Å²) in [7, 11) is -3.00. The highest BCUT2D eigenvalue weighted by atomic mass is 32.2. The van der Waals surface area contributed by atoms with Crippen molar-refractivity contribution in [2.45, 2.75) is 19.8 Å². The van der Waals surface area contributed by atoms with Crippen molar-refractivity contribution in [2.24, 2.45) is 5.41 Å². The first kappa shape index (κ1) is 13.4. The van der Waals surface area contributed by atoms with Crippen LogP contribution in [0, 0.1) is 5.41 Å². The summed E-state index contributed by atoms with van der Waals surface area (Å²) in [5, 5.41) is 5.90. The number of carbonyl (C=O) groups is 1. The predicted molar refractivity (Wildman–Crippen MR) is 62.9 cm³/mol. The van der Waals surface area contributed by atoms with E-state index in [1.165, 1.54) is 6.26 Å². The van der Waals surface area contributed by atoms with Crippen LogP contribution in [0.15, 0.2) is 0 Å². The van der Waals surface area contributed by atoms with Crippen LogP contribution < -0.4 is 10.6 Å². The van der Waals surface area contributed by atoms with Crippen molar-refractivity contribution in [3.05, 3.63) is 0 Å². The highest BCUT2D eigenvalue weighted by Gasteiger charge is 2.34. The van der Waals surface area contributed by atoms with Gasteiger partial charge in [-0.15, -0.1) is 0 Å². The second-order valence-electron chi connectivity index (χ2n) is 4.70. The van der Waals surface area contributed by atoms with Crippen LogP contribution in [0.5, 0.6) is 0 Å². The molecular weight excluding hydrogens is 228 g/mol. The molecule has 1 aliphatic rings. The maximum absolute atomic E-state index is 11.9. The van der Waals surface area contributed by atoms with E-state index in [-0.39, 0.29) is 23.6 Å². The molecule has 0 spiro atoms. The van der Waals surface area contributed by atoms with Crippen LogP contribution in [-0.2, 0) is 14.6 Å². The van der Waals surface area contributed by atoms with Crippen molar-refractivity contribution in [2.75, 3.05) is 31.6 Å². The van der Waals surface area contributed by atoms with Crippen LogP contribution in [0.2, 0.25) is 0 Å². The molecule has 1 saturated heterocycles. The van der Waals surface area contributed by atoms with Gasteiger partial charge in [0.05, 0.1) is 5.75 Å². The van der Waals surface area contributed by atoms with E-state index in [0.29, 0.717) is 0 Å². The van der Waals surface area contributed by atoms with Gasteiger partial charge in [-0.2, -0.15) is 0 Å². The maximum atomic E-state index is 11.9. The lowest BCUT2D eigenvalue weighted by Gasteiger charge is -2.32. The lowest BCUT2D eigenvalue weighted by molar-refractivity contribution is -0.131. The number of hydrogen-bond donors (Lipinski definition) is 2. The Morgan fingerprint density at radius 1 is 1.38 bits per heavy atom. The minimum atomic E-state index is -3.00. The van der Waals surface area contributed by atoms with Gasteiger partial charge in [-0.3, -0.25) is 4.79 Å². The monoisotopic (exact) mass is 248 g/mol. The number of hydrogen-bond acceptors (Lipinski definition) is 4. The Bertz CT molecular complexity index is 345. The maximum Gasteiger partial charge on any atom is 0.226 e. The van der Waals surface area contributed by atoms with Gasteiger partial charge in [0.1, 0.15) is 9.84 Å². The summed E-state index contributed by atoms with van der Waals surface area (Å²) in [6, 6.07) is 0. The Balaban J connectivity index is 2.39. The van der Waals surface area contributed by atoms with E-state index in [4.69, 9.17) is 0 Å². The molecule has 16 heavy (non-hydrogen) atoms. The summed E-state index contributed by atoms with van der Waals surface area (Å²) < 4.78 is 21.8. The first-order chi connectivity index (χ1) is 7.33. The van der Waals surface area contributed by atoms with Crippen LogP contribution in [0.4, 0.5) is 0 Å². The van der Waals surface area contributed by atoms with Gasteiger partial charge in [0, 0.05) is 18.2 Å². The molecule has 1 aliphatic heterocycles. The molecule has 0 atom stereocenters. The molecular formula is C10H20N2O3S. The summed E-state index contributed by atoms with van der Waals surface area (Å²) in [6.07, 6.45) is 2.78.